The number of anilines is 1. The van der Waals surface area contributed by atoms with Gasteiger partial charge in [-0.3, -0.25) is 0 Å². The summed E-state index contributed by atoms with van der Waals surface area (Å²) in [5.74, 6) is 0. The average molecular weight is 352 g/mol. The number of carbonyl (C=O) groups excluding carboxylic acids is 1. The highest BCUT2D eigenvalue weighted by Gasteiger charge is 2.32. The number of carbonyl (C=O) groups is 1. The van der Waals surface area contributed by atoms with Gasteiger partial charge in [0.05, 0.1) is 6.04 Å². The van der Waals surface area contributed by atoms with Gasteiger partial charge in [-0.2, -0.15) is 0 Å². The second-order valence-electron chi connectivity index (χ2n) is 6.07. The van der Waals surface area contributed by atoms with Crippen molar-refractivity contribution in [3.63, 3.8) is 0 Å². The molecule has 2 heterocycles. The number of aromatic nitrogens is 1. The highest BCUT2D eigenvalue weighted by atomic mass is 35.5. The summed E-state index contributed by atoms with van der Waals surface area (Å²) >= 11 is 6.02. The van der Waals surface area contributed by atoms with Crippen molar-refractivity contribution < 1.29 is 4.79 Å². The van der Waals surface area contributed by atoms with Crippen LogP contribution in [0.25, 0.3) is 0 Å². The Morgan fingerprint density at radius 1 is 1.00 bits per heavy atom. The van der Waals surface area contributed by atoms with E-state index in [1.807, 2.05) is 41.3 Å². The molecule has 2 aromatic carbocycles. The van der Waals surface area contributed by atoms with Crippen LogP contribution in [-0.2, 0) is 6.54 Å². The largest absolute Gasteiger partial charge is 0.348 e. The van der Waals surface area contributed by atoms with E-state index in [0.717, 1.165) is 17.8 Å². The number of hydrogen-bond donors (Lipinski definition) is 1. The average Bonchev–Trinajstić information content (AvgIpc) is 3.10. The molecule has 1 aliphatic rings. The van der Waals surface area contributed by atoms with Gasteiger partial charge in [-0.25, -0.2) is 4.79 Å². The van der Waals surface area contributed by atoms with Gasteiger partial charge in [-0.05, 0) is 35.9 Å². The number of benzene rings is 2. The fourth-order valence-electron chi connectivity index (χ4n) is 3.35. The first-order valence-corrected chi connectivity index (χ1v) is 8.63. The molecular weight excluding hydrogens is 334 g/mol. The Kier molecular flexibility index (Phi) is 4.20. The Morgan fingerprint density at radius 3 is 2.64 bits per heavy atom. The number of fused-ring (bicyclic) bond motifs is 1. The fourth-order valence-corrected chi connectivity index (χ4v) is 3.54. The molecule has 4 nitrogen and oxygen atoms in total. The Hall–Kier alpha value is -2.72. The lowest BCUT2D eigenvalue weighted by atomic mass is 10.0. The molecule has 0 saturated heterocycles. The maximum absolute atomic E-state index is 13.0. The molecule has 0 spiro atoms. The summed E-state index contributed by atoms with van der Waals surface area (Å²) < 4.78 is 2.21. The number of amides is 2. The van der Waals surface area contributed by atoms with Crippen LogP contribution < -0.4 is 5.32 Å². The molecule has 0 bridgehead atoms. The zero-order valence-electron chi connectivity index (χ0n) is 13.6. The van der Waals surface area contributed by atoms with E-state index >= 15 is 0 Å². The number of halogens is 1. The molecule has 0 aliphatic carbocycles. The lowest BCUT2D eigenvalue weighted by molar-refractivity contribution is 0.182. The molecule has 126 valence electrons. The van der Waals surface area contributed by atoms with Gasteiger partial charge in [-0.1, -0.05) is 48.0 Å². The molecule has 4 rings (SSSR count). The third-order valence-electron chi connectivity index (χ3n) is 4.49. The molecule has 1 unspecified atom stereocenters. The fraction of sp³-hybridized carbons (Fsp3) is 0.150. The van der Waals surface area contributed by atoms with Crippen molar-refractivity contribution in [2.24, 2.45) is 0 Å². The minimum atomic E-state index is -0.122. The second kappa shape index (κ2) is 6.65. The summed E-state index contributed by atoms with van der Waals surface area (Å²) in [4.78, 5) is 14.8. The van der Waals surface area contributed by atoms with Crippen LogP contribution in [0.5, 0.6) is 0 Å². The summed E-state index contributed by atoms with van der Waals surface area (Å²) in [5, 5.41) is 3.57. The maximum atomic E-state index is 13.0. The molecule has 1 aromatic heterocycles. The number of nitrogens with zero attached hydrogens (tertiary/aromatic N) is 2. The Balaban J connectivity index is 1.66. The SMILES string of the molecule is O=C(Nc1cccc(Cl)c1)N1CCn2cccc2C1c1ccccc1. The van der Waals surface area contributed by atoms with Crippen molar-refractivity contribution in [1.82, 2.24) is 9.47 Å². The topological polar surface area (TPSA) is 37.3 Å². The highest BCUT2D eigenvalue weighted by Crippen LogP contribution is 2.32. The molecule has 1 N–H and O–H groups in total. The van der Waals surface area contributed by atoms with Crippen molar-refractivity contribution in [3.05, 3.63) is 89.2 Å². The van der Waals surface area contributed by atoms with Gasteiger partial charge in [0.15, 0.2) is 0 Å². The third-order valence-corrected chi connectivity index (χ3v) is 4.73. The van der Waals surface area contributed by atoms with Crippen LogP contribution in [-0.4, -0.2) is 22.0 Å². The van der Waals surface area contributed by atoms with Crippen molar-refractivity contribution in [2.45, 2.75) is 12.6 Å². The summed E-state index contributed by atoms with van der Waals surface area (Å²) in [6.45, 7) is 1.43. The van der Waals surface area contributed by atoms with Crippen LogP contribution >= 0.6 is 11.6 Å². The van der Waals surface area contributed by atoms with Gasteiger partial charge in [0.25, 0.3) is 0 Å². The molecule has 0 saturated carbocycles. The van der Waals surface area contributed by atoms with Crippen molar-refractivity contribution in [3.8, 4) is 0 Å². The lowest BCUT2D eigenvalue weighted by Gasteiger charge is -2.37. The molecular formula is C20H18ClN3O. The van der Waals surface area contributed by atoms with E-state index in [1.165, 1.54) is 0 Å². The molecule has 3 aromatic rings. The van der Waals surface area contributed by atoms with E-state index in [2.05, 4.69) is 34.3 Å². The summed E-state index contributed by atoms with van der Waals surface area (Å²) in [6.07, 6.45) is 2.07. The second-order valence-corrected chi connectivity index (χ2v) is 6.51. The van der Waals surface area contributed by atoms with Crippen LogP contribution in [0.3, 0.4) is 0 Å². The van der Waals surface area contributed by atoms with Gasteiger partial charge in [0.2, 0.25) is 0 Å². The van der Waals surface area contributed by atoms with Crippen molar-refractivity contribution >= 4 is 23.3 Å². The van der Waals surface area contributed by atoms with E-state index in [4.69, 9.17) is 11.6 Å². The summed E-state index contributed by atoms with van der Waals surface area (Å²) in [6, 6.07) is 21.2. The van der Waals surface area contributed by atoms with Crippen LogP contribution in [0.4, 0.5) is 10.5 Å². The summed E-state index contributed by atoms with van der Waals surface area (Å²) in [7, 11) is 0. The Morgan fingerprint density at radius 2 is 1.84 bits per heavy atom. The van der Waals surface area contributed by atoms with E-state index < -0.39 is 0 Å². The molecule has 2 amide bonds. The van der Waals surface area contributed by atoms with Gasteiger partial charge in [0, 0.05) is 35.7 Å². The van der Waals surface area contributed by atoms with Gasteiger partial charge >= 0.3 is 6.03 Å². The normalized spacial score (nSPS) is 16.4. The van der Waals surface area contributed by atoms with E-state index in [-0.39, 0.29) is 12.1 Å². The molecule has 5 heteroatoms. The smallest absolute Gasteiger partial charge is 0.322 e. The van der Waals surface area contributed by atoms with Crippen LogP contribution in [0, 0.1) is 0 Å². The Labute approximate surface area is 151 Å². The monoisotopic (exact) mass is 351 g/mol. The van der Waals surface area contributed by atoms with Gasteiger partial charge < -0.3 is 14.8 Å². The van der Waals surface area contributed by atoms with Gasteiger partial charge in [-0.15, -0.1) is 0 Å². The highest BCUT2D eigenvalue weighted by molar-refractivity contribution is 6.30. The minimum absolute atomic E-state index is 0.107. The van der Waals surface area contributed by atoms with Gasteiger partial charge in [0.1, 0.15) is 0 Å². The number of rotatable bonds is 2. The van der Waals surface area contributed by atoms with Crippen molar-refractivity contribution in [2.75, 3.05) is 11.9 Å². The maximum Gasteiger partial charge on any atom is 0.322 e. The first-order valence-electron chi connectivity index (χ1n) is 8.25. The van der Waals surface area contributed by atoms with E-state index in [0.29, 0.717) is 17.3 Å². The third kappa shape index (κ3) is 3.13. The first-order chi connectivity index (χ1) is 12.2. The summed E-state index contributed by atoms with van der Waals surface area (Å²) in [5.41, 5.74) is 2.92. The predicted octanol–water partition coefficient (Wildman–Crippen LogP) is 4.78. The van der Waals surface area contributed by atoms with Crippen molar-refractivity contribution in [1.29, 1.82) is 0 Å². The Bertz CT molecular complexity index is 891. The number of urea groups is 1. The van der Waals surface area contributed by atoms with E-state index in [9.17, 15) is 4.79 Å². The molecule has 0 radical (unpaired) electrons. The van der Waals surface area contributed by atoms with E-state index in [1.54, 1.807) is 12.1 Å². The zero-order chi connectivity index (χ0) is 17.2. The quantitative estimate of drug-likeness (QED) is 0.709. The zero-order valence-corrected chi connectivity index (χ0v) is 14.4. The molecule has 25 heavy (non-hydrogen) atoms. The minimum Gasteiger partial charge on any atom is -0.348 e. The number of hydrogen-bond acceptors (Lipinski definition) is 1. The predicted molar refractivity (Wildman–Crippen MR) is 99.9 cm³/mol. The first kappa shape index (κ1) is 15.8. The van der Waals surface area contributed by atoms with Crippen LogP contribution in [0.15, 0.2) is 72.9 Å². The van der Waals surface area contributed by atoms with Crippen LogP contribution in [0.1, 0.15) is 17.3 Å². The standard InChI is InChI=1S/C20H18ClN3O/c21-16-8-4-9-17(14-16)22-20(25)24-13-12-23-11-5-10-18(23)19(24)15-6-2-1-3-7-15/h1-11,14,19H,12-13H2,(H,22,25). The molecule has 0 fully saturated rings. The number of nitrogens with one attached hydrogen (secondary N) is 1. The van der Waals surface area contributed by atoms with Crippen LogP contribution in [0.2, 0.25) is 5.02 Å². The lowest BCUT2D eigenvalue weighted by Crippen LogP contribution is -2.44. The molecule has 1 aliphatic heterocycles. The molecule has 1 atom stereocenters.